The van der Waals surface area contributed by atoms with E-state index in [1.165, 1.54) is 4.90 Å². The Morgan fingerprint density at radius 1 is 1.15 bits per heavy atom. The van der Waals surface area contributed by atoms with Crippen LogP contribution in [0.5, 0.6) is 0 Å². The number of rotatable bonds is 7. The van der Waals surface area contributed by atoms with Crippen molar-refractivity contribution in [2.75, 3.05) is 20.7 Å². The third-order valence-corrected chi connectivity index (χ3v) is 2.80. The molecule has 5 nitrogen and oxygen atoms in total. The fourth-order valence-electron chi connectivity index (χ4n) is 1.53. The summed E-state index contributed by atoms with van der Waals surface area (Å²) >= 11 is 0. The van der Waals surface area contributed by atoms with Crippen molar-refractivity contribution in [1.82, 2.24) is 10.2 Å². The maximum absolute atomic E-state index is 11.6. The Morgan fingerprint density at radius 2 is 1.75 bits per heavy atom. The van der Waals surface area contributed by atoms with Gasteiger partial charge in [-0.3, -0.25) is 9.59 Å². The Kier molecular flexibility index (Phi) is 6.73. The monoisotopic (exact) mass is 278 g/mol. The van der Waals surface area contributed by atoms with Gasteiger partial charge in [-0.2, -0.15) is 0 Å². The molecule has 0 bridgehead atoms. The summed E-state index contributed by atoms with van der Waals surface area (Å²) in [5.74, 6) is -0.461. The lowest BCUT2D eigenvalue weighted by Gasteiger charge is -2.10. The molecular formula is C15H22N2O3. The van der Waals surface area contributed by atoms with Crippen LogP contribution in [0.1, 0.15) is 24.5 Å². The van der Waals surface area contributed by atoms with Crippen molar-refractivity contribution in [3.63, 3.8) is 0 Å². The molecule has 0 aromatic heterocycles. The molecule has 2 amide bonds. The second-order valence-corrected chi connectivity index (χ2v) is 4.70. The molecule has 5 heteroatoms. The molecule has 0 saturated carbocycles. The zero-order valence-corrected chi connectivity index (χ0v) is 12.3. The topological polar surface area (TPSA) is 58.6 Å². The van der Waals surface area contributed by atoms with Crippen molar-refractivity contribution in [2.24, 2.45) is 0 Å². The number of amides is 2. The second kappa shape index (κ2) is 8.32. The highest BCUT2D eigenvalue weighted by Crippen LogP contribution is 2.05. The van der Waals surface area contributed by atoms with Gasteiger partial charge in [0.15, 0.2) is 0 Å². The fraction of sp³-hybridized carbons (Fsp3) is 0.467. The summed E-state index contributed by atoms with van der Waals surface area (Å²) in [5, 5.41) is 2.73. The van der Waals surface area contributed by atoms with E-state index >= 15 is 0 Å². The number of hydrogen-bond acceptors (Lipinski definition) is 3. The summed E-state index contributed by atoms with van der Waals surface area (Å²) in [6, 6.07) is 7.84. The third-order valence-electron chi connectivity index (χ3n) is 2.80. The van der Waals surface area contributed by atoms with E-state index in [2.05, 4.69) is 5.32 Å². The first kappa shape index (κ1) is 16.2. The van der Waals surface area contributed by atoms with Crippen LogP contribution in [-0.2, 0) is 27.5 Å². The number of hydrogen-bond donors (Lipinski definition) is 1. The SMILES string of the molecule is CCOCc1ccc(CNC(=O)CC(=O)N(C)C)cc1. The molecular weight excluding hydrogens is 256 g/mol. The molecule has 0 radical (unpaired) electrons. The summed E-state index contributed by atoms with van der Waals surface area (Å²) in [5.41, 5.74) is 2.10. The van der Waals surface area contributed by atoms with Crippen LogP contribution in [0.2, 0.25) is 0 Å². The maximum Gasteiger partial charge on any atom is 0.231 e. The predicted molar refractivity (Wildman–Crippen MR) is 76.9 cm³/mol. The van der Waals surface area contributed by atoms with Gasteiger partial charge in [-0.05, 0) is 18.1 Å². The van der Waals surface area contributed by atoms with Gasteiger partial charge in [-0.1, -0.05) is 24.3 Å². The highest BCUT2D eigenvalue weighted by atomic mass is 16.5. The standard InChI is InChI=1S/C15H22N2O3/c1-4-20-11-13-7-5-12(6-8-13)10-16-14(18)9-15(19)17(2)3/h5-8H,4,9-11H2,1-3H3,(H,16,18). The smallest absolute Gasteiger partial charge is 0.231 e. The first-order chi connectivity index (χ1) is 9.52. The minimum atomic E-state index is -0.262. The minimum Gasteiger partial charge on any atom is -0.377 e. The first-order valence-electron chi connectivity index (χ1n) is 6.65. The van der Waals surface area contributed by atoms with Crippen molar-refractivity contribution < 1.29 is 14.3 Å². The molecule has 110 valence electrons. The molecule has 1 aromatic carbocycles. The van der Waals surface area contributed by atoms with Crippen molar-refractivity contribution in [1.29, 1.82) is 0 Å². The van der Waals surface area contributed by atoms with Crippen molar-refractivity contribution in [3.8, 4) is 0 Å². The van der Waals surface area contributed by atoms with Crippen LogP contribution < -0.4 is 5.32 Å². The van der Waals surface area contributed by atoms with Gasteiger partial charge in [-0.15, -0.1) is 0 Å². The molecule has 20 heavy (non-hydrogen) atoms. The van der Waals surface area contributed by atoms with Gasteiger partial charge in [0.1, 0.15) is 6.42 Å². The normalized spacial score (nSPS) is 10.2. The van der Waals surface area contributed by atoms with Crippen LogP contribution in [-0.4, -0.2) is 37.4 Å². The second-order valence-electron chi connectivity index (χ2n) is 4.70. The van der Waals surface area contributed by atoms with Gasteiger partial charge in [-0.25, -0.2) is 0 Å². The van der Waals surface area contributed by atoms with Gasteiger partial charge < -0.3 is 15.0 Å². The Bertz CT molecular complexity index is 441. The van der Waals surface area contributed by atoms with E-state index in [9.17, 15) is 9.59 Å². The van der Waals surface area contributed by atoms with E-state index in [1.54, 1.807) is 14.1 Å². The Morgan fingerprint density at radius 3 is 2.30 bits per heavy atom. The predicted octanol–water partition coefficient (Wildman–Crippen LogP) is 1.32. The van der Waals surface area contributed by atoms with Crippen molar-refractivity contribution in [2.45, 2.75) is 26.5 Å². The van der Waals surface area contributed by atoms with E-state index in [0.717, 1.165) is 11.1 Å². The van der Waals surface area contributed by atoms with Crippen LogP contribution in [0, 0.1) is 0 Å². The van der Waals surface area contributed by atoms with Crippen LogP contribution >= 0.6 is 0 Å². The summed E-state index contributed by atoms with van der Waals surface area (Å²) < 4.78 is 5.31. The van der Waals surface area contributed by atoms with E-state index < -0.39 is 0 Å². The van der Waals surface area contributed by atoms with Gasteiger partial charge in [0, 0.05) is 27.2 Å². The van der Waals surface area contributed by atoms with E-state index in [4.69, 9.17) is 4.74 Å². The lowest BCUT2D eigenvalue weighted by molar-refractivity contribution is -0.134. The Labute approximate surface area is 119 Å². The number of carbonyl (C=O) groups excluding carboxylic acids is 2. The molecule has 0 fully saturated rings. The van der Waals surface area contributed by atoms with Gasteiger partial charge in [0.25, 0.3) is 0 Å². The molecule has 0 atom stereocenters. The lowest BCUT2D eigenvalue weighted by atomic mass is 10.1. The molecule has 0 aliphatic rings. The van der Waals surface area contributed by atoms with Gasteiger partial charge >= 0.3 is 0 Å². The molecule has 0 heterocycles. The van der Waals surface area contributed by atoms with Crippen LogP contribution in [0.15, 0.2) is 24.3 Å². The quantitative estimate of drug-likeness (QED) is 0.765. The molecule has 0 unspecified atom stereocenters. The van der Waals surface area contributed by atoms with Crippen LogP contribution in [0.25, 0.3) is 0 Å². The number of nitrogens with zero attached hydrogens (tertiary/aromatic N) is 1. The zero-order chi connectivity index (χ0) is 15.0. The fourth-order valence-corrected chi connectivity index (χ4v) is 1.53. The summed E-state index contributed by atoms with van der Waals surface area (Å²) in [7, 11) is 3.26. The minimum absolute atomic E-state index is 0.116. The average Bonchev–Trinajstić information content (AvgIpc) is 2.43. The van der Waals surface area contributed by atoms with E-state index in [0.29, 0.717) is 19.8 Å². The maximum atomic E-state index is 11.6. The number of carbonyl (C=O) groups is 2. The third kappa shape index (κ3) is 5.84. The van der Waals surface area contributed by atoms with E-state index in [1.807, 2.05) is 31.2 Å². The number of ether oxygens (including phenoxy) is 1. The van der Waals surface area contributed by atoms with Gasteiger partial charge in [0.05, 0.1) is 6.61 Å². The first-order valence-corrected chi connectivity index (χ1v) is 6.65. The average molecular weight is 278 g/mol. The lowest BCUT2D eigenvalue weighted by Crippen LogP contribution is -2.30. The highest BCUT2D eigenvalue weighted by molar-refractivity contribution is 5.96. The Hall–Kier alpha value is -1.88. The largest absolute Gasteiger partial charge is 0.377 e. The molecule has 1 N–H and O–H groups in total. The zero-order valence-electron chi connectivity index (χ0n) is 12.3. The molecule has 1 rings (SSSR count). The number of benzene rings is 1. The molecule has 0 saturated heterocycles. The summed E-state index contributed by atoms with van der Waals surface area (Å²) in [4.78, 5) is 24.3. The Balaban J connectivity index is 2.38. The molecule has 1 aromatic rings. The summed E-state index contributed by atoms with van der Waals surface area (Å²) in [6.45, 7) is 3.67. The van der Waals surface area contributed by atoms with Crippen LogP contribution in [0.3, 0.4) is 0 Å². The molecule has 0 spiro atoms. The summed E-state index contributed by atoms with van der Waals surface area (Å²) in [6.07, 6.45) is -0.116. The van der Waals surface area contributed by atoms with E-state index in [-0.39, 0.29) is 18.2 Å². The van der Waals surface area contributed by atoms with Crippen LogP contribution in [0.4, 0.5) is 0 Å². The number of nitrogens with one attached hydrogen (secondary N) is 1. The molecule has 0 aliphatic carbocycles. The molecule has 0 aliphatic heterocycles. The van der Waals surface area contributed by atoms with Crippen molar-refractivity contribution >= 4 is 11.8 Å². The van der Waals surface area contributed by atoms with Gasteiger partial charge in [0.2, 0.25) is 11.8 Å². The highest BCUT2D eigenvalue weighted by Gasteiger charge is 2.10. The van der Waals surface area contributed by atoms with Crippen molar-refractivity contribution in [3.05, 3.63) is 35.4 Å².